The summed E-state index contributed by atoms with van der Waals surface area (Å²) in [6, 6.07) is 0. The van der Waals surface area contributed by atoms with Crippen molar-refractivity contribution in [2.24, 2.45) is 0 Å². The van der Waals surface area contributed by atoms with Crippen LogP contribution in [0.1, 0.15) is 32.1 Å². The number of halogens is 2. The Hall–Kier alpha value is -0.440. The summed E-state index contributed by atoms with van der Waals surface area (Å²) in [4.78, 5) is 2.03. The van der Waals surface area contributed by atoms with Crippen molar-refractivity contribution in [3.8, 4) is 0 Å². The third-order valence-corrected chi connectivity index (χ3v) is 3.31. The Bertz CT molecular complexity index is 246. The van der Waals surface area contributed by atoms with E-state index >= 15 is 0 Å². The maximum absolute atomic E-state index is 14.3. The van der Waals surface area contributed by atoms with Gasteiger partial charge >= 0.3 is 0 Å². The molecular weight excluding hydrogens is 196 g/mol. The van der Waals surface area contributed by atoms with E-state index < -0.39 is 5.67 Å². The summed E-state index contributed by atoms with van der Waals surface area (Å²) >= 11 is 0. The standard InChI is InChI=1S/C12H19F2N/c13-6-9-15-7-1-4-12(14,5-8-15)10-11-2-3-11/h10H,1-9H2. The minimum atomic E-state index is -1.10. The number of alkyl halides is 2. The lowest BCUT2D eigenvalue weighted by atomic mass is 9.96. The fraction of sp³-hybridized carbons (Fsp3) is 0.833. The number of hydrogen-bond donors (Lipinski definition) is 0. The highest BCUT2D eigenvalue weighted by atomic mass is 19.1. The van der Waals surface area contributed by atoms with Crippen molar-refractivity contribution < 1.29 is 8.78 Å². The van der Waals surface area contributed by atoms with Gasteiger partial charge in [0.25, 0.3) is 0 Å². The molecule has 0 aromatic carbocycles. The molecule has 1 nitrogen and oxygen atoms in total. The first-order chi connectivity index (χ1) is 7.22. The lowest BCUT2D eigenvalue weighted by molar-refractivity contribution is 0.192. The molecule has 1 aliphatic heterocycles. The van der Waals surface area contributed by atoms with Gasteiger partial charge in [0.15, 0.2) is 0 Å². The van der Waals surface area contributed by atoms with E-state index in [0.717, 1.165) is 25.8 Å². The van der Waals surface area contributed by atoms with Crippen molar-refractivity contribution in [3.63, 3.8) is 0 Å². The Balaban J connectivity index is 1.90. The zero-order valence-corrected chi connectivity index (χ0v) is 9.14. The molecule has 2 aliphatic rings. The van der Waals surface area contributed by atoms with Gasteiger partial charge < -0.3 is 4.90 Å². The number of allylic oxidation sites excluding steroid dienone is 2. The third-order valence-electron chi connectivity index (χ3n) is 3.31. The van der Waals surface area contributed by atoms with Gasteiger partial charge in [-0.2, -0.15) is 0 Å². The van der Waals surface area contributed by atoms with Crippen molar-refractivity contribution >= 4 is 0 Å². The molecule has 0 radical (unpaired) electrons. The van der Waals surface area contributed by atoms with Gasteiger partial charge in [-0.3, -0.25) is 0 Å². The van der Waals surface area contributed by atoms with E-state index in [9.17, 15) is 8.78 Å². The molecule has 86 valence electrons. The van der Waals surface area contributed by atoms with E-state index in [-0.39, 0.29) is 6.67 Å². The third kappa shape index (κ3) is 3.26. The van der Waals surface area contributed by atoms with Crippen molar-refractivity contribution in [2.75, 3.05) is 26.3 Å². The van der Waals surface area contributed by atoms with Crippen molar-refractivity contribution in [2.45, 2.75) is 37.8 Å². The van der Waals surface area contributed by atoms with Gasteiger partial charge in [-0.1, -0.05) is 5.57 Å². The smallest absolute Gasteiger partial charge is 0.130 e. The molecule has 1 aliphatic carbocycles. The van der Waals surface area contributed by atoms with Gasteiger partial charge in [-0.05, 0) is 44.7 Å². The maximum atomic E-state index is 14.3. The summed E-state index contributed by atoms with van der Waals surface area (Å²) in [5.74, 6) is 0. The minimum Gasteiger partial charge on any atom is -0.301 e. The maximum Gasteiger partial charge on any atom is 0.130 e. The van der Waals surface area contributed by atoms with Gasteiger partial charge in [-0.15, -0.1) is 0 Å². The Labute approximate surface area is 90.1 Å². The van der Waals surface area contributed by atoms with Gasteiger partial charge in [-0.25, -0.2) is 8.78 Å². The summed E-state index contributed by atoms with van der Waals surface area (Å²) in [5, 5.41) is 0. The van der Waals surface area contributed by atoms with Crippen molar-refractivity contribution in [3.05, 3.63) is 11.6 Å². The van der Waals surface area contributed by atoms with Gasteiger partial charge in [0.2, 0.25) is 0 Å². The molecule has 15 heavy (non-hydrogen) atoms. The lowest BCUT2D eigenvalue weighted by Gasteiger charge is -2.20. The number of likely N-dealkylation sites (tertiary alicyclic amines) is 1. The average molecular weight is 215 g/mol. The van der Waals surface area contributed by atoms with Crippen LogP contribution >= 0.6 is 0 Å². The van der Waals surface area contributed by atoms with Crippen LogP contribution in [0.3, 0.4) is 0 Å². The van der Waals surface area contributed by atoms with Crippen LogP contribution in [0.2, 0.25) is 0 Å². The van der Waals surface area contributed by atoms with E-state index in [1.54, 1.807) is 0 Å². The van der Waals surface area contributed by atoms with Crippen LogP contribution in [0, 0.1) is 0 Å². The first-order valence-corrected chi connectivity index (χ1v) is 5.90. The summed E-state index contributed by atoms with van der Waals surface area (Å²) in [5.41, 5.74) is 0.174. The number of rotatable bonds is 3. The molecule has 1 unspecified atom stereocenters. The van der Waals surface area contributed by atoms with Gasteiger partial charge in [0.1, 0.15) is 12.3 Å². The Kier molecular flexibility index (Phi) is 3.39. The first-order valence-electron chi connectivity index (χ1n) is 5.90. The largest absolute Gasteiger partial charge is 0.301 e. The molecular formula is C12H19F2N. The van der Waals surface area contributed by atoms with Crippen molar-refractivity contribution in [1.82, 2.24) is 4.90 Å². The van der Waals surface area contributed by atoms with E-state index in [4.69, 9.17) is 0 Å². The topological polar surface area (TPSA) is 3.24 Å². The molecule has 0 spiro atoms. The Morgan fingerprint density at radius 2 is 2.07 bits per heavy atom. The second-order valence-corrected chi connectivity index (χ2v) is 4.72. The minimum absolute atomic E-state index is 0.319. The quantitative estimate of drug-likeness (QED) is 0.654. The molecule has 1 atom stereocenters. The highest BCUT2D eigenvalue weighted by Gasteiger charge is 2.32. The van der Waals surface area contributed by atoms with Crippen LogP contribution in [0.15, 0.2) is 11.6 Å². The predicted octanol–water partition coefficient (Wildman–Crippen LogP) is 2.87. The molecule has 2 rings (SSSR count). The molecule has 0 bridgehead atoms. The van der Waals surface area contributed by atoms with E-state index in [0.29, 0.717) is 25.9 Å². The lowest BCUT2D eigenvalue weighted by Crippen LogP contribution is -2.28. The fourth-order valence-electron chi connectivity index (χ4n) is 2.25. The molecule has 3 heteroatoms. The van der Waals surface area contributed by atoms with Gasteiger partial charge in [0.05, 0.1) is 0 Å². The molecule has 1 saturated heterocycles. The van der Waals surface area contributed by atoms with Crippen LogP contribution in [-0.4, -0.2) is 36.9 Å². The summed E-state index contributed by atoms with van der Waals surface area (Å²) < 4.78 is 26.5. The fourth-order valence-corrected chi connectivity index (χ4v) is 2.25. The molecule has 1 saturated carbocycles. The molecule has 1 heterocycles. The van der Waals surface area contributed by atoms with Crippen molar-refractivity contribution in [1.29, 1.82) is 0 Å². The van der Waals surface area contributed by atoms with Gasteiger partial charge in [0, 0.05) is 13.1 Å². The predicted molar refractivity (Wildman–Crippen MR) is 57.4 cm³/mol. The number of nitrogens with zero attached hydrogens (tertiary/aromatic N) is 1. The highest BCUT2D eigenvalue weighted by Crippen LogP contribution is 2.36. The van der Waals surface area contributed by atoms with Crippen LogP contribution in [0.4, 0.5) is 8.78 Å². The number of hydrogen-bond acceptors (Lipinski definition) is 1. The zero-order chi connectivity index (χ0) is 10.7. The summed E-state index contributed by atoms with van der Waals surface area (Å²) in [6.07, 6.45) is 6.00. The summed E-state index contributed by atoms with van der Waals surface area (Å²) in [7, 11) is 0. The summed E-state index contributed by atoms with van der Waals surface area (Å²) in [6.45, 7) is 1.69. The van der Waals surface area contributed by atoms with Crippen LogP contribution in [0.5, 0.6) is 0 Å². The van der Waals surface area contributed by atoms with E-state index in [1.165, 1.54) is 5.57 Å². The SMILES string of the molecule is FCCN1CCCC(F)(C=C2CC2)CC1. The Morgan fingerprint density at radius 1 is 1.27 bits per heavy atom. The van der Waals surface area contributed by atoms with E-state index in [1.807, 2.05) is 11.0 Å². The van der Waals surface area contributed by atoms with Crippen LogP contribution in [0.25, 0.3) is 0 Å². The molecule has 2 fully saturated rings. The second kappa shape index (κ2) is 4.60. The van der Waals surface area contributed by atoms with E-state index in [2.05, 4.69) is 0 Å². The molecule has 0 amide bonds. The highest BCUT2D eigenvalue weighted by molar-refractivity contribution is 5.22. The average Bonchev–Trinajstić information content (AvgIpc) is 2.98. The normalized spacial score (nSPS) is 32.5. The molecule has 0 N–H and O–H groups in total. The molecule has 0 aromatic rings. The zero-order valence-electron chi connectivity index (χ0n) is 9.14. The second-order valence-electron chi connectivity index (χ2n) is 4.72. The first kappa shape index (κ1) is 11.1. The monoisotopic (exact) mass is 215 g/mol. The Morgan fingerprint density at radius 3 is 2.73 bits per heavy atom. The van der Waals surface area contributed by atoms with Crippen LogP contribution in [-0.2, 0) is 0 Å². The molecule has 0 aromatic heterocycles. The van der Waals surface area contributed by atoms with Crippen LogP contribution < -0.4 is 0 Å².